The summed E-state index contributed by atoms with van der Waals surface area (Å²) in [6, 6.07) is 4.48. The molecule has 0 aliphatic rings. The summed E-state index contributed by atoms with van der Waals surface area (Å²) in [5.41, 5.74) is -0.242. The van der Waals surface area contributed by atoms with Crippen LogP contribution in [0.3, 0.4) is 0 Å². The summed E-state index contributed by atoms with van der Waals surface area (Å²) in [4.78, 5) is 9.93. The number of aldehydes is 1. The quantitative estimate of drug-likeness (QED) is 0.516. The van der Waals surface area contributed by atoms with Crippen molar-refractivity contribution in [2.75, 3.05) is 0 Å². The van der Waals surface area contributed by atoms with E-state index in [4.69, 9.17) is 0 Å². The Hall–Kier alpha value is -1.76. The van der Waals surface area contributed by atoms with Crippen LogP contribution in [0.25, 0.3) is 0 Å². The molecule has 1 aromatic carbocycles. The predicted molar refractivity (Wildman–Crippen MR) is 49.0 cm³/mol. The molecule has 15 heavy (non-hydrogen) atoms. The Labute approximate surface area is 84.9 Å². The van der Waals surface area contributed by atoms with E-state index in [1.165, 1.54) is 12.1 Å². The van der Waals surface area contributed by atoms with Crippen molar-refractivity contribution in [1.29, 1.82) is 0 Å². The van der Waals surface area contributed by atoms with Crippen molar-refractivity contribution in [1.82, 2.24) is 0 Å². The van der Waals surface area contributed by atoms with Crippen LogP contribution in [-0.4, -0.2) is 6.29 Å². The first kappa shape index (κ1) is 11.3. The van der Waals surface area contributed by atoms with E-state index < -0.39 is 11.7 Å². The van der Waals surface area contributed by atoms with Gasteiger partial charge >= 0.3 is 6.18 Å². The topological polar surface area (TPSA) is 17.1 Å². The standard InChI is InChI=1S/C11H7F3O/c12-11(13,14)10-6-4-9(5-7-10)3-1-2-8-15/h4-8H,2H2. The maximum absolute atomic E-state index is 12.1. The smallest absolute Gasteiger partial charge is 0.302 e. The number of carbonyl (C=O) groups is 1. The lowest BCUT2D eigenvalue weighted by molar-refractivity contribution is -0.137. The van der Waals surface area contributed by atoms with E-state index >= 15 is 0 Å². The Morgan fingerprint density at radius 2 is 1.80 bits per heavy atom. The first-order chi connectivity index (χ1) is 7.04. The van der Waals surface area contributed by atoms with Gasteiger partial charge in [-0.3, -0.25) is 0 Å². The molecule has 0 atom stereocenters. The average Bonchev–Trinajstić information content (AvgIpc) is 2.18. The zero-order valence-corrected chi connectivity index (χ0v) is 7.64. The summed E-state index contributed by atoms with van der Waals surface area (Å²) in [6.07, 6.45) is -3.60. The van der Waals surface area contributed by atoms with Crippen LogP contribution in [-0.2, 0) is 11.0 Å². The molecule has 0 spiro atoms. The number of hydrogen-bond acceptors (Lipinski definition) is 1. The van der Waals surface area contributed by atoms with Gasteiger partial charge in [-0.15, -0.1) is 0 Å². The highest BCUT2D eigenvalue weighted by Gasteiger charge is 2.29. The van der Waals surface area contributed by atoms with Crippen LogP contribution in [0.2, 0.25) is 0 Å². The lowest BCUT2D eigenvalue weighted by Gasteiger charge is -2.05. The monoisotopic (exact) mass is 212 g/mol. The Morgan fingerprint density at radius 3 is 2.27 bits per heavy atom. The zero-order valence-electron chi connectivity index (χ0n) is 7.64. The summed E-state index contributed by atoms with van der Waals surface area (Å²) in [5.74, 6) is 5.09. The molecule has 0 heterocycles. The molecule has 0 aliphatic carbocycles. The highest BCUT2D eigenvalue weighted by atomic mass is 19.4. The molecule has 0 saturated carbocycles. The van der Waals surface area contributed by atoms with Crippen molar-refractivity contribution in [3.05, 3.63) is 35.4 Å². The fraction of sp³-hybridized carbons (Fsp3) is 0.182. The molecule has 1 rings (SSSR count). The molecule has 0 unspecified atom stereocenters. The number of rotatable bonds is 1. The molecule has 1 aromatic rings. The second-order valence-corrected chi connectivity index (χ2v) is 2.75. The molecule has 0 saturated heterocycles. The third-order valence-electron chi connectivity index (χ3n) is 1.63. The Bertz CT molecular complexity index is 393. The highest BCUT2D eigenvalue weighted by molar-refractivity contribution is 5.55. The van der Waals surface area contributed by atoms with E-state index in [-0.39, 0.29) is 6.42 Å². The molecule has 0 radical (unpaired) electrons. The third-order valence-corrected chi connectivity index (χ3v) is 1.63. The van der Waals surface area contributed by atoms with E-state index in [1.807, 2.05) is 0 Å². The molecule has 0 amide bonds. The summed E-state index contributed by atoms with van der Waals surface area (Å²) >= 11 is 0. The molecule has 4 heteroatoms. The highest BCUT2D eigenvalue weighted by Crippen LogP contribution is 2.28. The van der Waals surface area contributed by atoms with Gasteiger partial charge in [-0.2, -0.15) is 13.2 Å². The largest absolute Gasteiger partial charge is 0.416 e. The molecule has 0 bridgehead atoms. The summed E-state index contributed by atoms with van der Waals surface area (Å²) in [6.45, 7) is 0. The second-order valence-electron chi connectivity index (χ2n) is 2.75. The lowest BCUT2D eigenvalue weighted by atomic mass is 10.1. The Balaban J connectivity index is 2.83. The minimum absolute atomic E-state index is 0.0843. The molecule has 0 aliphatic heterocycles. The van der Waals surface area contributed by atoms with Gasteiger partial charge in [0.25, 0.3) is 0 Å². The van der Waals surface area contributed by atoms with Crippen molar-refractivity contribution < 1.29 is 18.0 Å². The van der Waals surface area contributed by atoms with Crippen molar-refractivity contribution in [2.24, 2.45) is 0 Å². The van der Waals surface area contributed by atoms with Crippen molar-refractivity contribution in [2.45, 2.75) is 12.6 Å². The van der Waals surface area contributed by atoms with Gasteiger partial charge in [0, 0.05) is 5.56 Å². The molecule has 0 fully saturated rings. The van der Waals surface area contributed by atoms with E-state index in [0.29, 0.717) is 11.8 Å². The summed E-state index contributed by atoms with van der Waals surface area (Å²) < 4.78 is 36.4. The Kier molecular flexibility index (Phi) is 3.51. The van der Waals surface area contributed by atoms with E-state index in [2.05, 4.69) is 11.8 Å². The van der Waals surface area contributed by atoms with Gasteiger partial charge in [0.2, 0.25) is 0 Å². The van der Waals surface area contributed by atoms with Gasteiger partial charge in [0.1, 0.15) is 6.29 Å². The maximum Gasteiger partial charge on any atom is 0.416 e. The number of carbonyl (C=O) groups excluding carboxylic acids is 1. The van der Waals surface area contributed by atoms with Crippen LogP contribution in [0.5, 0.6) is 0 Å². The molecular formula is C11H7F3O. The van der Waals surface area contributed by atoms with Gasteiger partial charge in [0.05, 0.1) is 12.0 Å². The number of halogens is 3. The minimum Gasteiger partial charge on any atom is -0.302 e. The number of benzene rings is 1. The van der Waals surface area contributed by atoms with Crippen LogP contribution in [0.4, 0.5) is 13.2 Å². The van der Waals surface area contributed by atoms with Gasteiger partial charge < -0.3 is 4.79 Å². The molecular weight excluding hydrogens is 205 g/mol. The van der Waals surface area contributed by atoms with Crippen LogP contribution in [0.15, 0.2) is 24.3 Å². The van der Waals surface area contributed by atoms with Crippen LogP contribution in [0.1, 0.15) is 17.5 Å². The molecule has 78 valence electrons. The fourth-order valence-electron chi connectivity index (χ4n) is 0.937. The number of hydrogen-bond donors (Lipinski definition) is 0. The molecule has 0 aromatic heterocycles. The van der Waals surface area contributed by atoms with Gasteiger partial charge in [-0.05, 0) is 24.3 Å². The third kappa shape index (κ3) is 3.47. The van der Waals surface area contributed by atoms with E-state index in [0.717, 1.165) is 12.1 Å². The maximum atomic E-state index is 12.1. The van der Waals surface area contributed by atoms with Crippen molar-refractivity contribution >= 4 is 6.29 Å². The minimum atomic E-state index is -4.32. The first-order valence-corrected chi connectivity index (χ1v) is 4.14. The fourth-order valence-corrected chi connectivity index (χ4v) is 0.937. The summed E-state index contributed by atoms with van der Waals surface area (Å²) in [5, 5.41) is 0. The van der Waals surface area contributed by atoms with Crippen LogP contribution in [0, 0.1) is 11.8 Å². The molecule has 1 nitrogen and oxygen atoms in total. The second kappa shape index (κ2) is 4.65. The first-order valence-electron chi connectivity index (χ1n) is 4.14. The SMILES string of the molecule is O=CCC#Cc1ccc(C(F)(F)F)cc1. The average molecular weight is 212 g/mol. The van der Waals surface area contributed by atoms with E-state index in [1.54, 1.807) is 0 Å². The summed E-state index contributed by atoms with van der Waals surface area (Å²) in [7, 11) is 0. The van der Waals surface area contributed by atoms with Crippen molar-refractivity contribution in [3.63, 3.8) is 0 Å². The predicted octanol–water partition coefficient (Wildman–Crippen LogP) is 2.65. The van der Waals surface area contributed by atoms with Crippen molar-refractivity contribution in [3.8, 4) is 11.8 Å². The normalized spacial score (nSPS) is 10.3. The van der Waals surface area contributed by atoms with Gasteiger partial charge in [0.15, 0.2) is 0 Å². The van der Waals surface area contributed by atoms with Gasteiger partial charge in [-0.1, -0.05) is 11.8 Å². The van der Waals surface area contributed by atoms with Crippen LogP contribution < -0.4 is 0 Å². The van der Waals surface area contributed by atoms with E-state index in [9.17, 15) is 18.0 Å². The molecule has 0 N–H and O–H groups in total. The lowest BCUT2D eigenvalue weighted by Crippen LogP contribution is -2.04. The number of alkyl halides is 3. The van der Waals surface area contributed by atoms with Gasteiger partial charge in [-0.25, -0.2) is 0 Å². The van der Waals surface area contributed by atoms with Crippen LogP contribution >= 0.6 is 0 Å². The Morgan fingerprint density at radius 1 is 1.20 bits per heavy atom. The zero-order chi connectivity index (χ0) is 11.3.